The normalized spacial score (nSPS) is 15.1. The van der Waals surface area contributed by atoms with E-state index in [2.05, 4.69) is 5.32 Å². The number of nitrogens with one attached hydrogen (secondary N) is 1. The van der Waals surface area contributed by atoms with Crippen molar-refractivity contribution in [3.63, 3.8) is 0 Å². The third kappa shape index (κ3) is 5.16. The zero-order chi connectivity index (χ0) is 10.3. The van der Waals surface area contributed by atoms with Crippen LogP contribution in [0.5, 0.6) is 0 Å². The molecule has 4 heteroatoms. The third-order valence-corrected chi connectivity index (χ3v) is 3.00. The lowest BCUT2D eigenvalue weighted by Gasteiger charge is -2.14. The second kappa shape index (κ2) is 7.21. The van der Waals surface area contributed by atoms with E-state index in [0.717, 1.165) is 6.42 Å². The number of thioether (sulfide) groups is 1. The topological polar surface area (TPSA) is 49.3 Å². The van der Waals surface area contributed by atoms with Gasteiger partial charge in [0, 0.05) is 13.2 Å². The quantitative estimate of drug-likeness (QED) is 0.676. The molecule has 0 bridgehead atoms. The molecule has 0 aromatic heterocycles. The summed E-state index contributed by atoms with van der Waals surface area (Å²) >= 11 is 1.56. The van der Waals surface area contributed by atoms with Crippen molar-refractivity contribution < 1.29 is 9.90 Å². The summed E-state index contributed by atoms with van der Waals surface area (Å²) in [6, 6.07) is 0. The van der Waals surface area contributed by atoms with Crippen molar-refractivity contribution in [3.8, 4) is 0 Å². The highest BCUT2D eigenvalue weighted by molar-refractivity contribution is 7.99. The first kappa shape index (κ1) is 12.8. The van der Waals surface area contributed by atoms with E-state index < -0.39 is 0 Å². The van der Waals surface area contributed by atoms with Gasteiger partial charge in [0.2, 0.25) is 5.91 Å². The van der Waals surface area contributed by atoms with Crippen molar-refractivity contribution in [2.24, 2.45) is 5.92 Å². The number of hydrogen-bond acceptors (Lipinski definition) is 3. The van der Waals surface area contributed by atoms with E-state index in [4.69, 9.17) is 5.11 Å². The van der Waals surface area contributed by atoms with Crippen LogP contribution in [0, 0.1) is 5.92 Å². The molecular formula is C9H19NO2S. The maximum Gasteiger partial charge on any atom is 0.233 e. The lowest BCUT2D eigenvalue weighted by Crippen LogP contribution is -2.35. The van der Waals surface area contributed by atoms with Gasteiger partial charge >= 0.3 is 0 Å². The lowest BCUT2D eigenvalue weighted by atomic mass is 10.2. The Morgan fingerprint density at radius 2 is 2.23 bits per heavy atom. The molecule has 0 aliphatic heterocycles. The molecular weight excluding hydrogens is 186 g/mol. The smallest absolute Gasteiger partial charge is 0.233 e. The van der Waals surface area contributed by atoms with Crippen LogP contribution < -0.4 is 5.32 Å². The van der Waals surface area contributed by atoms with Crippen molar-refractivity contribution >= 4 is 17.7 Å². The predicted molar refractivity (Wildman–Crippen MR) is 56.9 cm³/mol. The van der Waals surface area contributed by atoms with Gasteiger partial charge in [-0.25, -0.2) is 0 Å². The summed E-state index contributed by atoms with van der Waals surface area (Å²) in [4.78, 5) is 11.4. The Morgan fingerprint density at radius 1 is 1.62 bits per heavy atom. The number of carbonyl (C=O) groups is 1. The molecule has 0 radical (unpaired) electrons. The molecule has 0 aliphatic rings. The van der Waals surface area contributed by atoms with E-state index in [1.807, 2.05) is 20.1 Å². The minimum absolute atomic E-state index is 0.0471. The molecule has 0 saturated heterocycles. The third-order valence-electron chi connectivity index (χ3n) is 1.88. The lowest BCUT2D eigenvalue weighted by molar-refractivity contribution is -0.120. The van der Waals surface area contributed by atoms with E-state index >= 15 is 0 Å². The fraction of sp³-hybridized carbons (Fsp3) is 0.889. The van der Waals surface area contributed by atoms with Crippen LogP contribution >= 0.6 is 11.8 Å². The molecule has 0 saturated carbocycles. The van der Waals surface area contributed by atoms with Crippen molar-refractivity contribution in [3.05, 3.63) is 0 Å². The molecule has 0 aromatic carbocycles. The SMILES string of the molecule is CCC(SC)C(=O)NCC(C)CO. The van der Waals surface area contributed by atoms with Crippen LogP contribution in [0.1, 0.15) is 20.3 Å². The molecule has 0 spiro atoms. The first-order valence-corrected chi connectivity index (χ1v) is 5.85. The van der Waals surface area contributed by atoms with Crippen molar-refractivity contribution in [2.45, 2.75) is 25.5 Å². The zero-order valence-electron chi connectivity index (χ0n) is 8.54. The maximum absolute atomic E-state index is 11.4. The number of aliphatic hydroxyl groups is 1. The highest BCUT2D eigenvalue weighted by Gasteiger charge is 2.14. The Labute approximate surface area is 84.3 Å². The number of rotatable bonds is 6. The van der Waals surface area contributed by atoms with E-state index in [1.165, 1.54) is 0 Å². The summed E-state index contributed by atoms with van der Waals surface area (Å²) in [5.41, 5.74) is 0. The van der Waals surface area contributed by atoms with Crippen molar-refractivity contribution in [2.75, 3.05) is 19.4 Å². The van der Waals surface area contributed by atoms with Gasteiger partial charge in [-0.15, -0.1) is 0 Å². The molecule has 0 heterocycles. The summed E-state index contributed by atoms with van der Waals surface area (Å²) in [7, 11) is 0. The van der Waals surface area contributed by atoms with Gasteiger partial charge in [-0.05, 0) is 18.6 Å². The Balaban J connectivity index is 3.72. The fourth-order valence-corrected chi connectivity index (χ4v) is 1.54. The fourth-order valence-electron chi connectivity index (χ4n) is 0.912. The molecule has 2 atom stereocenters. The van der Waals surface area contributed by atoms with Crippen molar-refractivity contribution in [1.82, 2.24) is 5.32 Å². The number of amides is 1. The largest absolute Gasteiger partial charge is 0.396 e. The Bertz CT molecular complexity index is 149. The molecule has 78 valence electrons. The first-order valence-electron chi connectivity index (χ1n) is 4.57. The van der Waals surface area contributed by atoms with Gasteiger partial charge in [0.15, 0.2) is 0 Å². The predicted octanol–water partition coefficient (Wildman–Crippen LogP) is 0.873. The molecule has 0 fully saturated rings. The summed E-state index contributed by atoms with van der Waals surface area (Å²) in [6.45, 7) is 4.58. The van der Waals surface area contributed by atoms with Crippen LogP contribution in [0.3, 0.4) is 0 Å². The van der Waals surface area contributed by atoms with Crippen LogP contribution in [-0.4, -0.2) is 35.7 Å². The zero-order valence-corrected chi connectivity index (χ0v) is 9.36. The summed E-state index contributed by atoms with van der Waals surface area (Å²) in [6.07, 6.45) is 2.78. The van der Waals surface area contributed by atoms with Crippen LogP contribution in [0.15, 0.2) is 0 Å². The molecule has 13 heavy (non-hydrogen) atoms. The van der Waals surface area contributed by atoms with E-state index in [1.54, 1.807) is 11.8 Å². The van der Waals surface area contributed by atoms with Crippen LogP contribution in [0.25, 0.3) is 0 Å². The standard InChI is InChI=1S/C9H19NO2S/c1-4-8(13-3)9(12)10-5-7(2)6-11/h7-8,11H,4-6H2,1-3H3,(H,10,12). The first-order chi connectivity index (χ1) is 6.15. The summed E-state index contributed by atoms with van der Waals surface area (Å²) < 4.78 is 0. The molecule has 1 amide bonds. The van der Waals surface area contributed by atoms with E-state index in [-0.39, 0.29) is 23.7 Å². The van der Waals surface area contributed by atoms with E-state index in [0.29, 0.717) is 6.54 Å². The van der Waals surface area contributed by atoms with Crippen molar-refractivity contribution in [1.29, 1.82) is 0 Å². The number of hydrogen-bond donors (Lipinski definition) is 2. The summed E-state index contributed by atoms with van der Waals surface area (Å²) in [5, 5.41) is 11.6. The Kier molecular flexibility index (Phi) is 7.09. The van der Waals surface area contributed by atoms with Gasteiger partial charge in [-0.2, -0.15) is 11.8 Å². The minimum atomic E-state index is 0.0471. The number of aliphatic hydroxyl groups excluding tert-OH is 1. The number of carbonyl (C=O) groups excluding carboxylic acids is 1. The summed E-state index contributed by atoms with van der Waals surface area (Å²) in [5.74, 6) is 0.221. The molecule has 0 aromatic rings. The minimum Gasteiger partial charge on any atom is -0.396 e. The van der Waals surface area contributed by atoms with Gasteiger partial charge in [-0.3, -0.25) is 4.79 Å². The molecule has 2 N–H and O–H groups in total. The van der Waals surface area contributed by atoms with Gasteiger partial charge < -0.3 is 10.4 Å². The van der Waals surface area contributed by atoms with Gasteiger partial charge in [-0.1, -0.05) is 13.8 Å². The molecule has 2 unspecified atom stereocenters. The molecule has 0 aliphatic carbocycles. The monoisotopic (exact) mass is 205 g/mol. The maximum atomic E-state index is 11.4. The average molecular weight is 205 g/mol. The Morgan fingerprint density at radius 3 is 2.62 bits per heavy atom. The highest BCUT2D eigenvalue weighted by atomic mass is 32.2. The average Bonchev–Trinajstić information content (AvgIpc) is 2.16. The van der Waals surface area contributed by atoms with Gasteiger partial charge in [0.1, 0.15) is 0 Å². The second-order valence-electron chi connectivity index (χ2n) is 3.17. The molecule has 3 nitrogen and oxygen atoms in total. The van der Waals surface area contributed by atoms with Gasteiger partial charge in [0.25, 0.3) is 0 Å². The van der Waals surface area contributed by atoms with Crippen LogP contribution in [0.2, 0.25) is 0 Å². The van der Waals surface area contributed by atoms with Crippen LogP contribution in [0.4, 0.5) is 0 Å². The van der Waals surface area contributed by atoms with Crippen LogP contribution in [-0.2, 0) is 4.79 Å². The highest BCUT2D eigenvalue weighted by Crippen LogP contribution is 2.10. The Hall–Kier alpha value is -0.220. The van der Waals surface area contributed by atoms with E-state index in [9.17, 15) is 4.79 Å². The molecule has 0 rings (SSSR count). The van der Waals surface area contributed by atoms with Gasteiger partial charge in [0.05, 0.1) is 5.25 Å². The second-order valence-corrected chi connectivity index (χ2v) is 4.21.